The first-order valence-corrected chi connectivity index (χ1v) is 0. The van der Waals surface area contributed by atoms with E-state index in [1.807, 2.05) is 0 Å². The molecule has 0 aliphatic rings. The zero-order chi connectivity index (χ0) is 0. The monoisotopic (exact) mass is 206 g/mol. The SMILES string of the molecule is S.S.[Ga].[Ga]. The van der Waals surface area contributed by atoms with Crippen molar-refractivity contribution in [2.45, 2.75) is 0 Å². The van der Waals surface area contributed by atoms with Gasteiger partial charge in [0.15, 0.2) is 0 Å². The standard InChI is InChI=1S/2Ga.2H2S/h;;2*1H2. The molecule has 22 valence electrons. The largest absolute Gasteiger partial charge is 0.197 e. The van der Waals surface area contributed by atoms with E-state index >= 15 is 0 Å². The Kier molecular flexibility index (Phi) is 191. The van der Waals surface area contributed by atoms with Gasteiger partial charge in [0.1, 0.15) is 0 Å². The Morgan fingerprint density at radius 2 is 0.500 bits per heavy atom. The second kappa shape index (κ2) is 20.2. The van der Waals surface area contributed by atoms with Gasteiger partial charge < -0.3 is 0 Å². The van der Waals surface area contributed by atoms with Crippen LogP contribution < -0.4 is 0 Å². The van der Waals surface area contributed by atoms with Crippen LogP contribution in [0.15, 0.2) is 0 Å². The molecule has 6 radical (unpaired) electrons. The summed E-state index contributed by atoms with van der Waals surface area (Å²) in [5.41, 5.74) is 0. The third-order valence-electron chi connectivity index (χ3n) is 0. The fourth-order valence-corrected chi connectivity index (χ4v) is 0. The maximum atomic E-state index is 0. The molecular weight excluding hydrogens is 204 g/mol. The van der Waals surface area contributed by atoms with Gasteiger partial charge in [0.25, 0.3) is 0 Å². The number of rotatable bonds is 0. The molecule has 0 heterocycles. The van der Waals surface area contributed by atoms with E-state index in [0.717, 1.165) is 0 Å². The van der Waals surface area contributed by atoms with Crippen molar-refractivity contribution < 1.29 is 0 Å². The van der Waals surface area contributed by atoms with Gasteiger partial charge >= 0.3 is 0 Å². The van der Waals surface area contributed by atoms with Crippen LogP contribution in [-0.4, -0.2) is 39.6 Å². The summed E-state index contributed by atoms with van der Waals surface area (Å²) < 4.78 is 0. The molecular formula is H4Ga2S2. The van der Waals surface area contributed by atoms with Gasteiger partial charge in [-0.2, -0.15) is 27.0 Å². The van der Waals surface area contributed by atoms with E-state index in [2.05, 4.69) is 0 Å². The minimum absolute atomic E-state index is 0. The van der Waals surface area contributed by atoms with Gasteiger partial charge in [-0.05, 0) is 0 Å². The summed E-state index contributed by atoms with van der Waals surface area (Å²) in [5, 5.41) is 0. The molecule has 0 rings (SSSR count). The summed E-state index contributed by atoms with van der Waals surface area (Å²) in [6.45, 7) is 0. The molecule has 0 aromatic heterocycles. The summed E-state index contributed by atoms with van der Waals surface area (Å²) in [7, 11) is 0. The van der Waals surface area contributed by atoms with Gasteiger partial charge in [0.2, 0.25) is 0 Å². The summed E-state index contributed by atoms with van der Waals surface area (Å²) in [5.74, 6) is 0. The smallest absolute Gasteiger partial charge is 0 e. The van der Waals surface area contributed by atoms with Crippen molar-refractivity contribution in [3.63, 3.8) is 0 Å². The Labute approximate surface area is 66.1 Å². The summed E-state index contributed by atoms with van der Waals surface area (Å²) in [4.78, 5) is 0. The molecule has 4 heteroatoms. The second-order valence-electron chi connectivity index (χ2n) is 0. The summed E-state index contributed by atoms with van der Waals surface area (Å²) in [6.07, 6.45) is 0. The molecule has 0 unspecified atom stereocenters. The van der Waals surface area contributed by atoms with Gasteiger partial charge in [-0.3, -0.25) is 0 Å². The molecule has 0 saturated carbocycles. The molecule has 0 aromatic rings. The van der Waals surface area contributed by atoms with Crippen molar-refractivity contribution in [2.75, 3.05) is 0 Å². The molecule has 0 aliphatic carbocycles. The van der Waals surface area contributed by atoms with Crippen LogP contribution in [0, 0.1) is 0 Å². The minimum atomic E-state index is 0. The normalized spacial score (nSPS) is 0. The molecule has 0 amide bonds. The molecule has 0 N–H and O–H groups in total. The molecule has 0 aromatic carbocycles. The van der Waals surface area contributed by atoms with Crippen LogP contribution in [0.3, 0.4) is 0 Å². The van der Waals surface area contributed by atoms with Crippen LogP contribution >= 0.6 is 27.0 Å². The van der Waals surface area contributed by atoms with Gasteiger partial charge in [0.05, 0.1) is 0 Å². The first kappa shape index (κ1) is 38.0. The van der Waals surface area contributed by atoms with Crippen LogP contribution in [-0.2, 0) is 0 Å². The molecule has 4 heavy (non-hydrogen) atoms. The predicted molar refractivity (Wildman–Crippen MR) is 32.3 cm³/mol. The minimum Gasteiger partial charge on any atom is -0.197 e. The van der Waals surface area contributed by atoms with E-state index in [-0.39, 0.29) is 66.6 Å². The van der Waals surface area contributed by atoms with E-state index in [1.54, 1.807) is 0 Å². The molecule has 0 saturated heterocycles. The average Bonchev–Trinajstić information content (AvgIpc) is 0. The first-order chi connectivity index (χ1) is 0. The zero-order valence-electron chi connectivity index (χ0n) is 2.15. The maximum absolute atomic E-state index is 0. The van der Waals surface area contributed by atoms with E-state index in [1.165, 1.54) is 0 Å². The van der Waals surface area contributed by atoms with Gasteiger partial charge in [-0.1, -0.05) is 0 Å². The molecule has 0 nitrogen and oxygen atoms in total. The van der Waals surface area contributed by atoms with Gasteiger partial charge in [-0.15, -0.1) is 0 Å². The fraction of sp³-hybridized carbons (Fsp3) is 0. The Balaban J connectivity index is 0. The Hall–Kier alpha value is 1.97. The quantitative estimate of drug-likeness (QED) is 0.469. The van der Waals surface area contributed by atoms with E-state index in [4.69, 9.17) is 0 Å². The van der Waals surface area contributed by atoms with Crippen LogP contribution in [0.25, 0.3) is 0 Å². The molecule has 0 aliphatic heterocycles. The average molecular weight is 208 g/mol. The Morgan fingerprint density at radius 1 is 0.500 bits per heavy atom. The molecule has 0 bridgehead atoms. The summed E-state index contributed by atoms with van der Waals surface area (Å²) >= 11 is 0. The molecule has 0 spiro atoms. The summed E-state index contributed by atoms with van der Waals surface area (Å²) in [6, 6.07) is 0. The maximum Gasteiger partial charge on any atom is 0 e. The van der Waals surface area contributed by atoms with Crippen molar-refractivity contribution in [2.24, 2.45) is 0 Å². The van der Waals surface area contributed by atoms with Crippen LogP contribution in [0.5, 0.6) is 0 Å². The van der Waals surface area contributed by atoms with Crippen molar-refractivity contribution in [1.29, 1.82) is 0 Å². The van der Waals surface area contributed by atoms with Crippen molar-refractivity contribution >= 4 is 66.6 Å². The Morgan fingerprint density at radius 3 is 0.500 bits per heavy atom. The van der Waals surface area contributed by atoms with Crippen molar-refractivity contribution in [3.05, 3.63) is 0 Å². The number of hydrogen-bond donors (Lipinski definition) is 0. The van der Waals surface area contributed by atoms with Crippen LogP contribution in [0.1, 0.15) is 0 Å². The van der Waals surface area contributed by atoms with Crippen molar-refractivity contribution in [1.82, 2.24) is 0 Å². The first-order valence-electron chi connectivity index (χ1n) is 0. The fourth-order valence-electron chi connectivity index (χ4n) is 0. The van der Waals surface area contributed by atoms with Gasteiger partial charge in [-0.25, -0.2) is 0 Å². The third kappa shape index (κ3) is 9.02. The Bertz CT molecular complexity index is 4.00. The third-order valence-corrected chi connectivity index (χ3v) is 0. The molecule has 0 fully saturated rings. The van der Waals surface area contributed by atoms with E-state index in [9.17, 15) is 0 Å². The van der Waals surface area contributed by atoms with Gasteiger partial charge in [0, 0.05) is 39.6 Å². The second-order valence-corrected chi connectivity index (χ2v) is 0. The topological polar surface area (TPSA) is 0 Å². The number of hydrogen-bond acceptors (Lipinski definition) is 0. The van der Waals surface area contributed by atoms with Crippen LogP contribution in [0.2, 0.25) is 0 Å². The van der Waals surface area contributed by atoms with Crippen LogP contribution in [0.4, 0.5) is 0 Å². The van der Waals surface area contributed by atoms with E-state index < -0.39 is 0 Å². The zero-order valence-corrected chi connectivity index (χ0v) is 9.00. The van der Waals surface area contributed by atoms with E-state index in [0.29, 0.717) is 0 Å². The predicted octanol–water partition coefficient (Wildman–Crippen LogP) is -0.536. The van der Waals surface area contributed by atoms with Crippen molar-refractivity contribution in [3.8, 4) is 0 Å². The molecule has 0 atom stereocenters.